The molecule has 0 aliphatic carbocycles. The number of para-hydroxylation sites is 1. The number of hydrogen-bond donors (Lipinski definition) is 0. The lowest BCUT2D eigenvalue weighted by Gasteiger charge is -2.10. The lowest BCUT2D eigenvalue weighted by molar-refractivity contribution is 0.136. The number of fused-ring (bicyclic) bond motifs is 1. The molecule has 1 heterocycles. The van der Waals surface area contributed by atoms with E-state index in [1.54, 1.807) is 13.0 Å². The van der Waals surface area contributed by atoms with Gasteiger partial charge >= 0.3 is 0 Å². The van der Waals surface area contributed by atoms with Crippen LogP contribution in [0.4, 0.5) is 0 Å². The summed E-state index contributed by atoms with van der Waals surface area (Å²) in [5.41, 5.74) is 2.92. The van der Waals surface area contributed by atoms with Gasteiger partial charge in [0.1, 0.15) is 11.3 Å². The third-order valence-corrected chi connectivity index (χ3v) is 3.90. The van der Waals surface area contributed by atoms with Crippen molar-refractivity contribution in [2.24, 2.45) is 0 Å². The molecule has 4 heteroatoms. The zero-order valence-corrected chi connectivity index (χ0v) is 13.6. The van der Waals surface area contributed by atoms with Crippen molar-refractivity contribution in [3.05, 3.63) is 69.9 Å². The van der Waals surface area contributed by atoms with Crippen LogP contribution >= 0.6 is 11.6 Å². The topological polar surface area (TPSA) is 39.4 Å². The van der Waals surface area contributed by atoms with Crippen molar-refractivity contribution < 1.29 is 9.15 Å². The molecule has 3 aromatic rings. The summed E-state index contributed by atoms with van der Waals surface area (Å²) in [5.74, 6) is 1.04. The minimum absolute atomic E-state index is 0.00991. The smallest absolute Gasteiger partial charge is 0.196 e. The van der Waals surface area contributed by atoms with Gasteiger partial charge in [-0.1, -0.05) is 42.5 Å². The van der Waals surface area contributed by atoms with Gasteiger partial charge in [-0.15, -0.1) is 11.6 Å². The van der Waals surface area contributed by atoms with E-state index < -0.39 is 0 Å². The lowest BCUT2D eigenvalue weighted by atomic mass is 10.0. The molecule has 0 atom stereocenters. The fourth-order valence-corrected chi connectivity index (χ4v) is 2.69. The van der Waals surface area contributed by atoms with Gasteiger partial charge < -0.3 is 9.15 Å². The molecule has 1 aromatic heterocycles. The van der Waals surface area contributed by atoms with Crippen molar-refractivity contribution in [3.8, 4) is 11.3 Å². The quantitative estimate of drug-likeness (QED) is 0.510. The van der Waals surface area contributed by atoms with Crippen LogP contribution in [-0.2, 0) is 11.3 Å². The molecule has 0 saturated carbocycles. The highest BCUT2D eigenvalue weighted by Gasteiger charge is 2.14. The van der Waals surface area contributed by atoms with E-state index in [1.807, 2.05) is 42.5 Å². The summed E-state index contributed by atoms with van der Waals surface area (Å²) in [7, 11) is 0. The Labute approximate surface area is 139 Å². The van der Waals surface area contributed by atoms with Crippen molar-refractivity contribution in [3.63, 3.8) is 0 Å². The fourth-order valence-electron chi connectivity index (χ4n) is 2.58. The average molecular weight is 329 g/mol. The van der Waals surface area contributed by atoms with Gasteiger partial charge in [-0.3, -0.25) is 4.79 Å². The third kappa shape index (κ3) is 3.16. The first-order chi connectivity index (χ1) is 11.2. The van der Waals surface area contributed by atoms with E-state index >= 15 is 0 Å². The molecule has 0 fully saturated rings. The number of ether oxygens (including phenoxy) is 1. The molecule has 0 saturated heterocycles. The zero-order chi connectivity index (χ0) is 16.2. The highest BCUT2D eigenvalue weighted by Crippen LogP contribution is 2.27. The van der Waals surface area contributed by atoms with Gasteiger partial charge in [-0.2, -0.15) is 0 Å². The van der Waals surface area contributed by atoms with Crippen LogP contribution in [0.5, 0.6) is 0 Å². The minimum Gasteiger partial charge on any atom is -0.455 e. The second-order valence-electron chi connectivity index (χ2n) is 5.29. The first-order valence-corrected chi connectivity index (χ1v) is 8.00. The van der Waals surface area contributed by atoms with Crippen LogP contribution in [0.3, 0.4) is 0 Å². The molecule has 0 amide bonds. The van der Waals surface area contributed by atoms with Crippen molar-refractivity contribution >= 4 is 22.6 Å². The largest absolute Gasteiger partial charge is 0.455 e. The molecule has 0 N–H and O–H groups in total. The van der Waals surface area contributed by atoms with Crippen molar-refractivity contribution in [1.29, 1.82) is 0 Å². The summed E-state index contributed by atoms with van der Waals surface area (Å²) < 4.78 is 11.6. The average Bonchev–Trinajstić information content (AvgIpc) is 2.59. The minimum atomic E-state index is -0.00991. The molecule has 0 aliphatic rings. The maximum Gasteiger partial charge on any atom is 0.196 e. The Hall–Kier alpha value is -2.10. The zero-order valence-electron chi connectivity index (χ0n) is 12.8. The Kier molecular flexibility index (Phi) is 4.79. The second kappa shape index (κ2) is 6.99. The van der Waals surface area contributed by atoms with Gasteiger partial charge in [-0.05, 0) is 13.0 Å². The number of alkyl halides is 1. The molecule has 3 nitrogen and oxygen atoms in total. The van der Waals surface area contributed by atoms with Gasteiger partial charge in [0, 0.05) is 22.6 Å². The third-order valence-electron chi connectivity index (χ3n) is 3.74. The Balaban J connectivity index is 2.18. The van der Waals surface area contributed by atoms with Crippen LogP contribution in [0.2, 0.25) is 0 Å². The summed E-state index contributed by atoms with van der Waals surface area (Å²) in [5, 5.41) is 0.578. The number of rotatable bonds is 5. The van der Waals surface area contributed by atoms with Crippen LogP contribution in [0.1, 0.15) is 11.1 Å². The molecule has 23 heavy (non-hydrogen) atoms. The lowest BCUT2D eigenvalue weighted by Crippen LogP contribution is -2.08. The molecule has 0 spiro atoms. The number of hydrogen-bond acceptors (Lipinski definition) is 3. The summed E-state index contributed by atoms with van der Waals surface area (Å²) in [6, 6.07) is 15.2. The fraction of sp³-hybridized carbons (Fsp3) is 0.211. The van der Waals surface area contributed by atoms with E-state index in [0.717, 1.165) is 11.1 Å². The van der Waals surface area contributed by atoms with E-state index in [2.05, 4.69) is 0 Å². The van der Waals surface area contributed by atoms with Crippen LogP contribution in [0.15, 0.2) is 57.7 Å². The standard InChI is InChI=1S/C19H17ClO3/c1-13-17(21)16-9-5-8-15(12-22-11-10-20)19(16)23-18(13)14-6-3-2-4-7-14/h2-9H,10-12H2,1H3. The van der Waals surface area contributed by atoms with Gasteiger partial charge in [0.25, 0.3) is 0 Å². The van der Waals surface area contributed by atoms with Crippen LogP contribution in [0, 0.1) is 6.92 Å². The molecule has 118 valence electrons. The van der Waals surface area contributed by atoms with Gasteiger partial charge in [0.15, 0.2) is 5.43 Å². The highest BCUT2D eigenvalue weighted by atomic mass is 35.5. The van der Waals surface area contributed by atoms with Crippen molar-refractivity contribution in [2.75, 3.05) is 12.5 Å². The molecular weight excluding hydrogens is 312 g/mol. The van der Waals surface area contributed by atoms with Crippen molar-refractivity contribution in [2.45, 2.75) is 13.5 Å². The molecule has 3 rings (SSSR count). The Bertz CT molecular complexity index is 869. The first-order valence-electron chi connectivity index (χ1n) is 7.47. The molecule has 2 aromatic carbocycles. The van der Waals surface area contributed by atoms with E-state index in [0.29, 0.717) is 41.4 Å². The molecule has 0 radical (unpaired) electrons. The van der Waals surface area contributed by atoms with Gasteiger partial charge in [0.05, 0.1) is 18.6 Å². The second-order valence-corrected chi connectivity index (χ2v) is 5.66. The van der Waals surface area contributed by atoms with E-state index in [1.165, 1.54) is 0 Å². The van der Waals surface area contributed by atoms with E-state index in [4.69, 9.17) is 20.8 Å². The van der Waals surface area contributed by atoms with E-state index in [9.17, 15) is 4.79 Å². The maximum atomic E-state index is 12.7. The van der Waals surface area contributed by atoms with Gasteiger partial charge in [0.2, 0.25) is 0 Å². The summed E-state index contributed by atoms with van der Waals surface area (Å²) >= 11 is 5.64. The predicted molar refractivity (Wildman–Crippen MR) is 93.0 cm³/mol. The Morgan fingerprint density at radius 1 is 1.09 bits per heavy atom. The predicted octanol–water partition coefficient (Wildman–Crippen LogP) is 4.52. The normalized spacial score (nSPS) is 11.0. The Morgan fingerprint density at radius 2 is 1.87 bits per heavy atom. The molecular formula is C19H17ClO3. The number of benzene rings is 2. The van der Waals surface area contributed by atoms with Crippen LogP contribution < -0.4 is 5.43 Å². The molecule has 0 bridgehead atoms. The summed E-state index contributed by atoms with van der Waals surface area (Å²) in [6.45, 7) is 2.62. The molecule has 0 aliphatic heterocycles. The highest BCUT2D eigenvalue weighted by molar-refractivity contribution is 6.17. The van der Waals surface area contributed by atoms with Crippen LogP contribution in [0.25, 0.3) is 22.3 Å². The Morgan fingerprint density at radius 3 is 2.61 bits per heavy atom. The molecule has 0 unspecified atom stereocenters. The van der Waals surface area contributed by atoms with Crippen LogP contribution in [-0.4, -0.2) is 12.5 Å². The summed E-state index contributed by atoms with van der Waals surface area (Å²) in [4.78, 5) is 12.7. The van der Waals surface area contributed by atoms with Crippen molar-refractivity contribution in [1.82, 2.24) is 0 Å². The monoisotopic (exact) mass is 328 g/mol. The first kappa shape index (κ1) is 15.8. The van der Waals surface area contributed by atoms with E-state index in [-0.39, 0.29) is 5.43 Å². The number of halogens is 1. The summed E-state index contributed by atoms with van der Waals surface area (Å²) in [6.07, 6.45) is 0. The van der Waals surface area contributed by atoms with Gasteiger partial charge in [-0.25, -0.2) is 0 Å². The SMILES string of the molecule is Cc1c(-c2ccccc2)oc2c(COCCCl)cccc2c1=O. The maximum absolute atomic E-state index is 12.7.